The first kappa shape index (κ1) is 29.0. The number of aromatic nitrogens is 1. The third kappa shape index (κ3) is 5.04. The second kappa shape index (κ2) is 11.9. The lowest BCUT2D eigenvalue weighted by Crippen LogP contribution is -2.11. The van der Waals surface area contributed by atoms with Gasteiger partial charge in [-0.05, 0) is 76.0 Å². The largest absolute Gasteiger partial charge is 0.454 e. The summed E-state index contributed by atoms with van der Waals surface area (Å²) in [5.74, 6) is 0.596. The fourth-order valence-corrected chi connectivity index (χ4v) is 7.19. The van der Waals surface area contributed by atoms with Crippen LogP contribution in [0.25, 0.3) is 77.5 Å². The van der Waals surface area contributed by atoms with Gasteiger partial charge in [0, 0.05) is 33.7 Å². The predicted octanol–water partition coefficient (Wildman–Crippen LogP) is 13.4. The third-order valence-electron chi connectivity index (χ3n) is 9.69. The van der Waals surface area contributed by atoms with Crippen LogP contribution in [-0.2, 0) is 0 Å². The lowest BCUT2D eigenvalue weighted by molar-refractivity contribution is 0.617. The van der Waals surface area contributed by atoms with Crippen LogP contribution in [0, 0.1) is 0 Å². The van der Waals surface area contributed by atoms with E-state index in [1.165, 1.54) is 16.3 Å². The second-order valence-corrected chi connectivity index (χ2v) is 12.8. The number of nitrogens with zero attached hydrogens (tertiary/aromatic N) is 2. The quantitative estimate of drug-likeness (QED) is 0.179. The van der Waals surface area contributed by atoms with Crippen molar-refractivity contribution in [1.82, 2.24) is 4.98 Å². The molecular formula is C47H30N2O2. The van der Waals surface area contributed by atoms with Crippen molar-refractivity contribution in [3.05, 3.63) is 182 Å². The minimum Gasteiger partial charge on any atom is -0.454 e. The first-order valence-electron chi connectivity index (χ1n) is 17.1. The Labute approximate surface area is 294 Å². The molecular weight excluding hydrogens is 625 g/mol. The highest BCUT2D eigenvalue weighted by Crippen LogP contribution is 2.46. The molecule has 0 aliphatic carbocycles. The van der Waals surface area contributed by atoms with E-state index in [0.29, 0.717) is 11.5 Å². The minimum absolute atomic E-state index is 0.596. The van der Waals surface area contributed by atoms with Gasteiger partial charge in [-0.1, -0.05) is 127 Å². The first-order chi connectivity index (χ1) is 25.3. The van der Waals surface area contributed by atoms with Gasteiger partial charge in [-0.3, -0.25) is 0 Å². The number of para-hydroxylation sites is 2. The number of hydrogen-bond acceptors (Lipinski definition) is 4. The molecule has 0 radical (unpaired) electrons. The Balaban J connectivity index is 1.15. The molecule has 2 heterocycles. The average Bonchev–Trinajstić information content (AvgIpc) is 3.79. The normalized spacial score (nSPS) is 11.5. The first-order valence-corrected chi connectivity index (χ1v) is 17.1. The summed E-state index contributed by atoms with van der Waals surface area (Å²) < 4.78 is 13.0. The molecule has 0 aliphatic heterocycles. The van der Waals surface area contributed by atoms with Crippen molar-refractivity contribution in [3.63, 3.8) is 0 Å². The zero-order chi connectivity index (χ0) is 33.7. The van der Waals surface area contributed by atoms with Crippen molar-refractivity contribution in [3.8, 4) is 33.7 Å². The van der Waals surface area contributed by atoms with Gasteiger partial charge in [-0.25, -0.2) is 4.98 Å². The molecule has 0 unspecified atom stereocenters. The molecule has 0 fully saturated rings. The van der Waals surface area contributed by atoms with Gasteiger partial charge in [-0.2, -0.15) is 0 Å². The Morgan fingerprint density at radius 2 is 1.10 bits per heavy atom. The Hall–Kier alpha value is -6.91. The van der Waals surface area contributed by atoms with Gasteiger partial charge in [-0.15, -0.1) is 0 Å². The van der Waals surface area contributed by atoms with Crippen molar-refractivity contribution in [2.45, 2.75) is 0 Å². The Morgan fingerprint density at radius 1 is 0.412 bits per heavy atom. The van der Waals surface area contributed by atoms with E-state index in [9.17, 15) is 0 Å². The highest BCUT2D eigenvalue weighted by molar-refractivity contribution is 6.13. The number of benzene rings is 8. The summed E-state index contributed by atoms with van der Waals surface area (Å²) in [5, 5.41) is 4.48. The smallest absolute Gasteiger partial charge is 0.227 e. The van der Waals surface area contributed by atoms with Crippen LogP contribution in [-0.4, -0.2) is 4.98 Å². The van der Waals surface area contributed by atoms with Crippen molar-refractivity contribution < 1.29 is 8.83 Å². The SMILES string of the molecule is c1ccc(-c2nc3cc4c(cc3o2)oc2c(N(c3ccc(-c5ccc6ccccc6c5)cc3)c3ccccc3-c3ccccc3)cccc24)cc1. The van der Waals surface area contributed by atoms with Crippen molar-refractivity contribution in [2.75, 3.05) is 4.90 Å². The fourth-order valence-electron chi connectivity index (χ4n) is 7.19. The average molecular weight is 655 g/mol. The Bertz CT molecular complexity index is 2850. The van der Waals surface area contributed by atoms with Gasteiger partial charge >= 0.3 is 0 Å². The molecule has 4 heteroatoms. The highest BCUT2D eigenvalue weighted by Gasteiger charge is 2.23. The van der Waals surface area contributed by atoms with E-state index < -0.39 is 0 Å². The van der Waals surface area contributed by atoms with Crippen LogP contribution in [0.2, 0.25) is 0 Å². The maximum Gasteiger partial charge on any atom is 0.227 e. The second-order valence-electron chi connectivity index (χ2n) is 12.8. The predicted molar refractivity (Wildman–Crippen MR) is 210 cm³/mol. The van der Waals surface area contributed by atoms with Crippen LogP contribution in [0.4, 0.5) is 17.1 Å². The summed E-state index contributed by atoms with van der Waals surface area (Å²) in [6, 6.07) is 63.5. The van der Waals surface area contributed by atoms with Crippen LogP contribution in [0.3, 0.4) is 0 Å². The van der Waals surface area contributed by atoms with Crippen LogP contribution < -0.4 is 4.90 Å². The maximum absolute atomic E-state index is 6.78. The van der Waals surface area contributed by atoms with E-state index in [4.69, 9.17) is 13.8 Å². The molecule has 51 heavy (non-hydrogen) atoms. The number of hydrogen-bond donors (Lipinski definition) is 0. The molecule has 0 bridgehead atoms. The number of rotatable bonds is 6. The van der Waals surface area contributed by atoms with Crippen molar-refractivity contribution in [2.24, 2.45) is 0 Å². The summed E-state index contributed by atoms with van der Waals surface area (Å²) in [7, 11) is 0. The Kier molecular flexibility index (Phi) is 6.78. The van der Waals surface area contributed by atoms with Crippen LogP contribution in [0.1, 0.15) is 0 Å². The van der Waals surface area contributed by atoms with Gasteiger partial charge in [0.25, 0.3) is 0 Å². The minimum atomic E-state index is 0.596. The highest BCUT2D eigenvalue weighted by atomic mass is 16.4. The van der Waals surface area contributed by atoms with Gasteiger partial charge < -0.3 is 13.7 Å². The van der Waals surface area contributed by atoms with Crippen LogP contribution in [0.5, 0.6) is 0 Å². The molecule has 0 amide bonds. The van der Waals surface area contributed by atoms with Gasteiger partial charge in [0.15, 0.2) is 11.2 Å². The van der Waals surface area contributed by atoms with E-state index in [1.807, 2.05) is 36.4 Å². The molecule has 0 saturated heterocycles. The standard InChI is InChI=1S/C47H30N2O2/c1-3-13-33(14-4-1)38-18-9-10-20-42(38)49(37-26-24-32(25-27-37)36-23-22-31-12-7-8-17-35(31)28-36)43-21-11-19-39-40-29-41-45(30-44(40)50-46(39)43)51-47(48-41)34-15-5-2-6-16-34/h1-30H. The number of furan rings is 1. The van der Waals surface area contributed by atoms with Crippen LogP contribution in [0.15, 0.2) is 191 Å². The third-order valence-corrected chi connectivity index (χ3v) is 9.69. The van der Waals surface area contributed by atoms with Crippen molar-refractivity contribution in [1.29, 1.82) is 0 Å². The molecule has 2 aromatic heterocycles. The van der Waals surface area contributed by atoms with Crippen molar-refractivity contribution >= 4 is 60.9 Å². The lowest BCUT2D eigenvalue weighted by Gasteiger charge is -2.28. The molecule has 4 nitrogen and oxygen atoms in total. The van der Waals surface area contributed by atoms with E-state index in [1.54, 1.807) is 0 Å². The zero-order valence-corrected chi connectivity index (χ0v) is 27.5. The summed E-state index contributed by atoms with van der Waals surface area (Å²) in [6.45, 7) is 0. The molecule has 0 atom stereocenters. The fraction of sp³-hybridized carbons (Fsp3) is 0. The Morgan fingerprint density at radius 3 is 1.92 bits per heavy atom. The summed E-state index contributed by atoms with van der Waals surface area (Å²) in [4.78, 5) is 7.16. The summed E-state index contributed by atoms with van der Waals surface area (Å²) >= 11 is 0. The summed E-state index contributed by atoms with van der Waals surface area (Å²) in [5.41, 5.74) is 11.6. The lowest BCUT2D eigenvalue weighted by atomic mass is 9.99. The van der Waals surface area contributed by atoms with Gasteiger partial charge in [0.05, 0.1) is 11.4 Å². The topological polar surface area (TPSA) is 42.4 Å². The molecule has 0 N–H and O–H groups in total. The van der Waals surface area contributed by atoms with Gasteiger partial charge in [0.2, 0.25) is 5.89 Å². The number of anilines is 3. The summed E-state index contributed by atoms with van der Waals surface area (Å²) in [6.07, 6.45) is 0. The molecule has 8 aromatic carbocycles. The molecule has 10 rings (SSSR count). The number of fused-ring (bicyclic) bond motifs is 5. The van der Waals surface area contributed by atoms with E-state index in [-0.39, 0.29) is 0 Å². The molecule has 0 saturated carbocycles. The molecule has 10 aromatic rings. The monoisotopic (exact) mass is 654 g/mol. The molecule has 0 aliphatic rings. The number of oxazole rings is 1. The van der Waals surface area contributed by atoms with Crippen LogP contribution >= 0.6 is 0 Å². The van der Waals surface area contributed by atoms with E-state index >= 15 is 0 Å². The van der Waals surface area contributed by atoms with Gasteiger partial charge in [0.1, 0.15) is 11.1 Å². The van der Waals surface area contributed by atoms with E-state index in [2.05, 4.69) is 150 Å². The zero-order valence-electron chi connectivity index (χ0n) is 27.5. The maximum atomic E-state index is 6.78. The van der Waals surface area contributed by atoms with E-state index in [0.717, 1.165) is 66.8 Å². The molecule has 240 valence electrons. The molecule has 0 spiro atoms.